The molecule has 4 aliphatic rings. The lowest BCUT2D eigenvalue weighted by atomic mass is 10.0. The summed E-state index contributed by atoms with van der Waals surface area (Å²) in [5, 5.41) is 13.3. The van der Waals surface area contributed by atoms with Crippen molar-refractivity contribution < 1.29 is 18.5 Å². The second kappa shape index (κ2) is 8.03. The smallest absolute Gasteiger partial charge is 0.354 e. The van der Waals surface area contributed by atoms with E-state index in [0.717, 1.165) is 79.6 Å². The van der Waals surface area contributed by atoms with Crippen LogP contribution in [0, 0.1) is 0 Å². The second-order valence-electron chi connectivity index (χ2n) is 9.76. The summed E-state index contributed by atoms with van der Waals surface area (Å²) in [4.78, 5) is 18.1. The van der Waals surface area contributed by atoms with Crippen molar-refractivity contribution in [2.24, 2.45) is 9.50 Å². The van der Waals surface area contributed by atoms with Gasteiger partial charge in [0.2, 0.25) is 5.88 Å². The van der Waals surface area contributed by atoms with E-state index in [0.29, 0.717) is 19.8 Å². The van der Waals surface area contributed by atoms with E-state index in [1.165, 1.54) is 6.20 Å². The monoisotopic (exact) mass is 486 g/mol. The van der Waals surface area contributed by atoms with E-state index in [-0.39, 0.29) is 22.3 Å². The molecule has 0 radical (unpaired) electrons. The van der Waals surface area contributed by atoms with Gasteiger partial charge >= 0.3 is 6.03 Å². The number of carbonyl (C=O) groups is 1. The van der Waals surface area contributed by atoms with E-state index in [1.807, 2.05) is 6.92 Å². The molecule has 1 spiro atoms. The van der Waals surface area contributed by atoms with Gasteiger partial charge in [-0.3, -0.25) is 4.98 Å². The van der Waals surface area contributed by atoms with Crippen molar-refractivity contribution in [1.29, 1.82) is 0 Å². The van der Waals surface area contributed by atoms with Crippen molar-refractivity contribution in [3.63, 3.8) is 0 Å². The second-order valence-corrected chi connectivity index (χ2v) is 11.5. The van der Waals surface area contributed by atoms with Gasteiger partial charge in [0.05, 0.1) is 24.1 Å². The number of hydrogen-bond acceptors (Lipinski definition) is 6. The van der Waals surface area contributed by atoms with Crippen LogP contribution in [-0.4, -0.2) is 44.3 Å². The number of urea groups is 1. The van der Waals surface area contributed by atoms with Crippen LogP contribution in [0.5, 0.6) is 5.88 Å². The van der Waals surface area contributed by atoms with Gasteiger partial charge in [-0.1, -0.05) is 6.92 Å². The number of amides is 2. The Bertz CT molecular complexity index is 1290. The van der Waals surface area contributed by atoms with Crippen LogP contribution in [0.4, 0.5) is 10.5 Å². The van der Waals surface area contributed by atoms with E-state index >= 15 is 0 Å². The molecule has 182 valence electrons. The zero-order chi connectivity index (χ0) is 23.5. The van der Waals surface area contributed by atoms with Crippen LogP contribution < -0.4 is 15.2 Å². The lowest BCUT2D eigenvalue weighted by molar-refractivity contribution is -0.0131. The van der Waals surface area contributed by atoms with Crippen LogP contribution in [0.25, 0.3) is 0 Å². The van der Waals surface area contributed by atoms with Crippen molar-refractivity contribution in [2.75, 3.05) is 18.5 Å². The van der Waals surface area contributed by atoms with Gasteiger partial charge in [0.1, 0.15) is 17.6 Å². The van der Waals surface area contributed by atoms with E-state index in [4.69, 9.17) is 19.6 Å². The number of rotatable bonds is 5. The molecular formula is C23H30N6O4S. The number of carbonyl (C=O) groups excluding carboxylic acids is 1. The van der Waals surface area contributed by atoms with Gasteiger partial charge in [0, 0.05) is 17.7 Å². The van der Waals surface area contributed by atoms with Crippen LogP contribution in [-0.2, 0) is 45.9 Å². The molecule has 34 heavy (non-hydrogen) atoms. The number of anilines is 1. The number of fused-ring (bicyclic) bond motifs is 4. The highest BCUT2D eigenvalue weighted by Crippen LogP contribution is 2.58. The molecule has 0 saturated heterocycles. The molecule has 1 saturated carbocycles. The average Bonchev–Trinajstić information content (AvgIpc) is 3.13. The van der Waals surface area contributed by atoms with E-state index < -0.39 is 15.9 Å². The molecule has 2 aromatic rings. The summed E-state index contributed by atoms with van der Waals surface area (Å²) in [5.74, 6) is 0.279. The molecule has 3 aliphatic carbocycles. The molecule has 11 heteroatoms. The van der Waals surface area contributed by atoms with Crippen molar-refractivity contribution >= 4 is 21.6 Å². The molecule has 6 rings (SSSR count). The zero-order valence-electron chi connectivity index (χ0n) is 19.3. The number of aromatic nitrogens is 3. The minimum atomic E-state index is -3.55. The zero-order valence-corrected chi connectivity index (χ0v) is 20.2. The molecule has 2 atom stereocenters. The Morgan fingerprint density at radius 1 is 1.35 bits per heavy atom. The molecule has 0 aromatic carbocycles. The molecule has 3 N–H and O–H groups in total. The first-order chi connectivity index (χ1) is 16.4. The lowest BCUT2D eigenvalue weighted by Crippen LogP contribution is -2.33. The summed E-state index contributed by atoms with van der Waals surface area (Å²) < 4.78 is 30.3. The molecule has 1 fully saturated rings. The Kier molecular flexibility index (Phi) is 5.19. The normalized spacial score (nSPS) is 22.9. The molecule has 10 nitrogen and oxygen atoms in total. The highest BCUT2D eigenvalue weighted by Gasteiger charge is 2.51. The molecular weight excluding hydrogens is 456 g/mol. The van der Waals surface area contributed by atoms with E-state index in [1.54, 1.807) is 4.68 Å². The first kappa shape index (κ1) is 22.0. The maximum atomic E-state index is 13.3. The topological polar surface area (TPSA) is 134 Å². The van der Waals surface area contributed by atoms with Crippen molar-refractivity contribution in [2.45, 2.75) is 81.2 Å². The van der Waals surface area contributed by atoms with E-state index in [2.05, 4.69) is 14.8 Å². The summed E-state index contributed by atoms with van der Waals surface area (Å²) >= 11 is 0. The SMILES string of the molecule is CCCOC1COc2c(S(N)(=O)=NC(=O)Nc3c4c(nc5c3CCC53CC3)CCC4)cnn2C1. The molecule has 2 unspecified atom stereocenters. The summed E-state index contributed by atoms with van der Waals surface area (Å²) in [6, 6.07) is -0.716. The van der Waals surface area contributed by atoms with Crippen LogP contribution in [0.2, 0.25) is 0 Å². The highest BCUT2D eigenvalue weighted by atomic mass is 32.2. The van der Waals surface area contributed by atoms with Crippen LogP contribution in [0.15, 0.2) is 15.5 Å². The van der Waals surface area contributed by atoms with Gasteiger partial charge in [0.25, 0.3) is 0 Å². The highest BCUT2D eigenvalue weighted by molar-refractivity contribution is 7.91. The van der Waals surface area contributed by atoms with Crippen LogP contribution >= 0.6 is 0 Å². The van der Waals surface area contributed by atoms with Gasteiger partial charge in [-0.05, 0) is 62.5 Å². The van der Waals surface area contributed by atoms with Gasteiger partial charge in [-0.2, -0.15) is 5.10 Å². The largest absolute Gasteiger partial charge is 0.474 e. The average molecular weight is 487 g/mol. The van der Waals surface area contributed by atoms with Gasteiger partial charge < -0.3 is 14.8 Å². The maximum absolute atomic E-state index is 13.3. The third-order valence-electron chi connectivity index (χ3n) is 7.40. The number of aryl methyl sites for hydroxylation is 1. The fraction of sp³-hybridized carbons (Fsp3) is 0.609. The van der Waals surface area contributed by atoms with Crippen molar-refractivity contribution in [1.82, 2.24) is 14.8 Å². The molecule has 2 amide bonds. The Morgan fingerprint density at radius 2 is 2.21 bits per heavy atom. The Labute approximate surface area is 198 Å². The minimum absolute atomic E-state index is 0.124. The summed E-state index contributed by atoms with van der Waals surface area (Å²) in [6.45, 7) is 3.44. The number of ether oxygens (including phenoxy) is 2. The molecule has 2 aromatic heterocycles. The maximum Gasteiger partial charge on any atom is 0.354 e. The predicted molar refractivity (Wildman–Crippen MR) is 125 cm³/mol. The molecule has 0 bridgehead atoms. The van der Waals surface area contributed by atoms with Crippen molar-refractivity contribution in [3.05, 3.63) is 28.7 Å². The molecule has 1 aliphatic heterocycles. The number of nitrogens with one attached hydrogen (secondary N) is 1. The number of nitrogens with zero attached hydrogens (tertiary/aromatic N) is 4. The van der Waals surface area contributed by atoms with Crippen LogP contribution in [0.3, 0.4) is 0 Å². The number of pyridine rings is 1. The Morgan fingerprint density at radius 3 is 3.00 bits per heavy atom. The van der Waals surface area contributed by atoms with Crippen molar-refractivity contribution in [3.8, 4) is 5.88 Å². The minimum Gasteiger partial charge on any atom is -0.474 e. The summed E-state index contributed by atoms with van der Waals surface area (Å²) in [7, 11) is -3.55. The van der Waals surface area contributed by atoms with Gasteiger partial charge in [-0.25, -0.2) is 18.8 Å². The van der Waals surface area contributed by atoms with Crippen LogP contribution in [0.1, 0.15) is 61.5 Å². The standard InChI is InChI=1S/C23H30N6O4S/c1-2-10-32-14-12-29-21(33-13-14)18(11-25-29)34(24,31)28-22(30)27-19-15-4-3-5-17(15)26-20-16(19)6-7-23(20)8-9-23/h11,14H,2-10,12-13H2,1H3,(H3,24,26,27,28,30,31). The predicted octanol–water partition coefficient (Wildman–Crippen LogP) is 2.86. The molecule has 3 heterocycles. The lowest BCUT2D eigenvalue weighted by Gasteiger charge is -2.24. The summed E-state index contributed by atoms with van der Waals surface area (Å²) in [6.07, 6.45) is 9.27. The third-order valence-corrected chi connectivity index (χ3v) is 8.75. The first-order valence-electron chi connectivity index (χ1n) is 12.1. The Hall–Kier alpha value is -2.50. The van der Waals surface area contributed by atoms with Gasteiger partial charge in [-0.15, -0.1) is 4.36 Å². The fourth-order valence-electron chi connectivity index (χ4n) is 5.51. The number of hydrogen-bond donors (Lipinski definition) is 2. The Balaban J connectivity index is 1.27. The van der Waals surface area contributed by atoms with Gasteiger partial charge in [0.15, 0.2) is 9.92 Å². The fourth-order valence-corrected chi connectivity index (χ4v) is 6.52. The quantitative estimate of drug-likeness (QED) is 0.667. The summed E-state index contributed by atoms with van der Waals surface area (Å²) in [5.41, 5.74) is 5.46. The number of nitrogens with two attached hydrogens (primary N) is 1. The van der Waals surface area contributed by atoms with E-state index in [9.17, 15) is 9.00 Å². The first-order valence-corrected chi connectivity index (χ1v) is 13.7. The third kappa shape index (κ3) is 3.61.